The molecule has 2 amide bonds. The molecule has 2 fully saturated rings. The van der Waals surface area contributed by atoms with Gasteiger partial charge in [0.15, 0.2) is 0 Å². The minimum Gasteiger partial charge on any atom is -0.376 e. The summed E-state index contributed by atoms with van der Waals surface area (Å²) in [6.07, 6.45) is 4.22. The molecule has 2 aromatic rings. The molecule has 2 aliphatic heterocycles. The summed E-state index contributed by atoms with van der Waals surface area (Å²) in [5.41, 5.74) is 2.42. The molecule has 0 aromatic heterocycles. The molecule has 2 aliphatic rings. The van der Waals surface area contributed by atoms with Crippen LogP contribution in [0, 0.1) is 0 Å². The molecule has 0 bridgehead atoms. The molecular formula is C24H31N3O2. The van der Waals surface area contributed by atoms with Gasteiger partial charge in [-0.25, -0.2) is 4.79 Å². The highest BCUT2D eigenvalue weighted by atomic mass is 16.5. The van der Waals surface area contributed by atoms with E-state index in [0.717, 1.165) is 50.9 Å². The number of benzene rings is 2. The van der Waals surface area contributed by atoms with Crippen molar-refractivity contribution in [1.29, 1.82) is 0 Å². The van der Waals surface area contributed by atoms with Gasteiger partial charge in [0.25, 0.3) is 0 Å². The monoisotopic (exact) mass is 393 g/mol. The molecule has 0 radical (unpaired) electrons. The summed E-state index contributed by atoms with van der Waals surface area (Å²) in [6, 6.07) is 21.0. The van der Waals surface area contributed by atoms with Crippen molar-refractivity contribution in [3.63, 3.8) is 0 Å². The SMILES string of the molecule is O=C(NC1CCN(c2ccccc2)CC1)N(Cc1ccccc1)CC1CCCO1. The number of hydrogen-bond acceptors (Lipinski definition) is 3. The highest BCUT2D eigenvalue weighted by Gasteiger charge is 2.26. The number of amides is 2. The highest BCUT2D eigenvalue weighted by Crippen LogP contribution is 2.20. The number of nitrogens with one attached hydrogen (secondary N) is 1. The first-order chi connectivity index (χ1) is 14.3. The third-order valence-electron chi connectivity index (χ3n) is 5.90. The Morgan fingerprint density at radius 2 is 1.69 bits per heavy atom. The number of nitrogens with zero attached hydrogens (tertiary/aromatic N) is 2. The molecule has 1 atom stereocenters. The van der Waals surface area contributed by atoms with Crippen LogP contribution < -0.4 is 10.2 Å². The predicted octanol–water partition coefficient (Wildman–Crippen LogP) is 4.05. The molecular weight excluding hydrogens is 362 g/mol. The average Bonchev–Trinajstić information content (AvgIpc) is 3.28. The van der Waals surface area contributed by atoms with Crippen molar-refractivity contribution in [3.05, 3.63) is 66.2 Å². The van der Waals surface area contributed by atoms with E-state index in [0.29, 0.717) is 13.1 Å². The normalized spacial score (nSPS) is 19.9. The molecule has 154 valence electrons. The maximum Gasteiger partial charge on any atom is 0.318 e. The van der Waals surface area contributed by atoms with Crippen molar-refractivity contribution in [3.8, 4) is 0 Å². The van der Waals surface area contributed by atoms with Crippen LogP contribution in [0.1, 0.15) is 31.2 Å². The minimum atomic E-state index is 0.0301. The largest absolute Gasteiger partial charge is 0.376 e. The second-order valence-electron chi connectivity index (χ2n) is 8.05. The predicted molar refractivity (Wildman–Crippen MR) is 116 cm³/mol. The Kier molecular flexibility index (Phi) is 6.67. The van der Waals surface area contributed by atoms with Crippen LogP contribution in [0.5, 0.6) is 0 Å². The molecule has 1 N–H and O–H groups in total. The number of piperidine rings is 1. The molecule has 5 nitrogen and oxygen atoms in total. The van der Waals surface area contributed by atoms with Crippen LogP contribution in [0.25, 0.3) is 0 Å². The lowest BCUT2D eigenvalue weighted by Crippen LogP contribution is -2.50. The van der Waals surface area contributed by atoms with Gasteiger partial charge < -0.3 is 19.9 Å². The average molecular weight is 394 g/mol. The van der Waals surface area contributed by atoms with E-state index in [4.69, 9.17) is 4.74 Å². The molecule has 4 rings (SSSR count). The fourth-order valence-corrected chi connectivity index (χ4v) is 4.24. The molecule has 2 saturated heterocycles. The van der Waals surface area contributed by atoms with E-state index in [-0.39, 0.29) is 18.2 Å². The quantitative estimate of drug-likeness (QED) is 0.805. The van der Waals surface area contributed by atoms with Crippen molar-refractivity contribution >= 4 is 11.7 Å². The molecule has 29 heavy (non-hydrogen) atoms. The van der Waals surface area contributed by atoms with Crippen LogP contribution in [0.3, 0.4) is 0 Å². The fourth-order valence-electron chi connectivity index (χ4n) is 4.24. The van der Waals surface area contributed by atoms with E-state index in [9.17, 15) is 4.79 Å². The number of ether oxygens (including phenoxy) is 1. The number of urea groups is 1. The van der Waals surface area contributed by atoms with Gasteiger partial charge >= 0.3 is 6.03 Å². The van der Waals surface area contributed by atoms with Crippen molar-refractivity contribution in [2.24, 2.45) is 0 Å². The first-order valence-electron chi connectivity index (χ1n) is 10.8. The van der Waals surface area contributed by atoms with Crippen LogP contribution in [0.4, 0.5) is 10.5 Å². The van der Waals surface area contributed by atoms with Gasteiger partial charge in [-0.15, -0.1) is 0 Å². The lowest BCUT2D eigenvalue weighted by Gasteiger charge is -2.35. The van der Waals surface area contributed by atoms with Crippen LogP contribution in [0.15, 0.2) is 60.7 Å². The zero-order valence-electron chi connectivity index (χ0n) is 17.0. The zero-order chi connectivity index (χ0) is 19.9. The first kappa shape index (κ1) is 19.8. The molecule has 0 saturated carbocycles. The Bertz CT molecular complexity index is 754. The van der Waals surface area contributed by atoms with E-state index >= 15 is 0 Å². The van der Waals surface area contributed by atoms with Gasteiger partial charge in [-0.1, -0.05) is 48.5 Å². The Hall–Kier alpha value is -2.53. The van der Waals surface area contributed by atoms with Crippen molar-refractivity contribution < 1.29 is 9.53 Å². The highest BCUT2D eigenvalue weighted by molar-refractivity contribution is 5.74. The zero-order valence-corrected chi connectivity index (χ0v) is 17.0. The third kappa shape index (κ3) is 5.51. The van der Waals surface area contributed by atoms with Gasteiger partial charge in [-0.3, -0.25) is 0 Å². The van der Waals surface area contributed by atoms with Gasteiger partial charge in [-0.05, 0) is 43.4 Å². The number of anilines is 1. The van der Waals surface area contributed by atoms with E-state index in [1.54, 1.807) is 0 Å². The van der Waals surface area contributed by atoms with Crippen LogP contribution in [-0.2, 0) is 11.3 Å². The maximum absolute atomic E-state index is 13.1. The van der Waals surface area contributed by atoms with Crippen LogP contribution in [0.2, 0.25) is 0 Å². The molecule has 2 heterocycles. The smallest absolute Gasteiger partial charge is 0.318 e. The number of para-hydroxylation sites is 1. The summed E-state index contributed by atoms with van der Waals surface area (Å²) in [4.78, 5) is 17.4. The second kappa shape index (κ2) is 9.79. The van der Waals surface area contributed by atoms with Crippen molar-refractivity contribution in [2.45, 2.75) is 44.4 Å². The Balaban J connectivity index is 1.33. The topological polar surface area (TPSA) is 44.8 Å². The standard InChI is InChI=1S/C24H31N3O2/c28-24(25-21-13-15-26(16-14-21)22-10-5-2-6-11-22)27(19-23-12-7-17-29-23)18-20-8-3-1-4-9-20/h1-6,8-11,21,23H,7,12-19H2,(H,25,28). The Labute approximate surface area is 173 Å². The summed E-state index contributed by atoms with van der Waals surface area (Å²) in [6.45, 7) is 4.03. The van der Waals surface area contributed by atoms with Gasteiger partial charge in [0.05, 0.1) is 6.10 Å². The summed E-state index contributed by atoms with van der Waals surface area (Å²) in [7, 11) is 0. The van der Waals surface area contributed by atoms with E-state index in [1.165, 1.54) is 5.69 Å². The van der Waals surface area contributed by atoms with Crippen molar-refractivity contribution in [2.75, 3.05) is 31.1 Å². The first-order valence-corrected chi connectivity index (χ1v) is 10.8. The Morgan fingerprint density at radius 1 is 1.00 bits per heavy atom. The maximum atomic E-state index is 13.1. The number of hydrogen-bond donors (Lipinski definition) is 1. The lowest BCUT2D eigenvalue weighted by atomic mass is 10.0. The molecule has 5 heteroatoms. The minimum absolute atomic E-state index is 0.0301. The van der Waals surface area contributed by atoms with E-state index < -0.39 is 0 Å². The lowest BCUT2D eigenvalue weighted by molar-refractivity contribution is 0.0787. The van der Waals surface area contributed by atoms with Gasteiger partial charge in [0.1, 0.15) is 0 Å². The molecule has 0 spiro atoms. The van der Waals surface area contributed by atoms with Crippen LogP contribution in [-0.4, -0.2) is 49.3 Å². The summed E-state index contributed by atoms with van der Waals surface area (Å²) >= 11 is 0. The van der Waals surface area contributed by atoms with Crippen LogP contribution >= 0.6 is 0 Å². The van der Waals surface area contributed by atoms with Gasteiger partial charge in [-0.2, -0.15) is 0 Å². The molecule has 0 aliphatic carbocycles. The Morgan fingerprint density at radius 3 is 2.34 bits per heavy atom. The van der Waals surface area contributed by atoms with E-state index in [2.05, 4.69) is 46.6 Å². The number of carbonyl (C=O) groups is 1. The summed E-state index contributed by atoms with van der Waals surface area (Å²) < 4.78 is 5.80. The van der Waals surface area contributed by atoms with E-state index in [1.807, 2.05) is 29.2 Å². The third-order valence-corrected chi connectivity index (χ3v) is 5.90. The number of carbonyl (C=O) groups excluding carboxylic acids is 1. The molecule has 1 unspecified atom stereocenters. The summed E-state index contributed by atoms with van der Waals surface area (Å²) in [5, 5.41) is 3.29. The summed E-state index contributed by atoms with van der Waals surface area (Å²) in [5.74, 6) is 0. The van der Waals surface area contributed by atoms with Crippen molar-refractivity contribution in [1.82, 2.24) is 10.2 Å². The second-order valence-corrected chi connectivity index (χ2v) is 8.05. The molecule has 2 aromatic carbocycles. The van der Waals surface area contributed by atoms with Gasteiger partial charge in [0.2, 0.25) is 0 Å². The fraction of sp³-hybridized carbons (Fsp3) is 0.458. The van der Waals surface area contributed by atoms with Gasteiger partial charge in [0, 0.05) is 44.5 Å². The number of rotatable bonds is 6.